The number of carbonyl (C=O) groups is 1. The molecule has 0 aliphatic carbocycles. The van der Waals surface area contributed by atoms with Gasteiger partial charge in [0, 0.05) is 6.20 Å². The van der Waals surface area contributed by atoms with Crippen LogP contribution in [0.2, 0.25) is 0 Å². The largest absolute Gasteiger partial charge is 0.476 e. The van der Waals surface area contributed by atoms with Crippen molar-refractivity contribution >= 4 is 29.3 Å². The van der Waals surface area contributed by atoms with Gasteiger partial charge in [-0.15, -0.1) is 0 Å². The van der Waals surface area contributed by atoms with Crippen molar-refractivity contribution in [3.05, 3.63) is 24.5 Å². The first-order valence-electron chi connectivity index (χ1n) is 3.75. The molecule has 6 nitrogen and oxygen atoms in total. The minimum Gasteiger partial charge on any atom is -0.476 e. The zero-order valence-electron chi connectivity index (χ0n) is 7.19. The van der Waals surface area contributed by atoms with Crippen LogP contribution in [0.15, 0.2) is 28.1 Å². The Kier molecular flexibility index (Phi) is 2.88. The molecule has 0 radical (unpaired) electrons. The van der Waals surface area contributed by atoms with Crippen LogP contribution in [0.4, 0.5) is 0 Å². The molecule has 0 amide bonds. The molecule has 2 heterocycles. The predicted molar refractivity (Wildman–Crippen MR) is 53.0 cm³/mol. The lowest BCUT2D eigenvalue weighted by atomic mass is 10.4. The maximum Gasteiger partial charge on any atom is 0.355 e. The number of carboxylic acids is 1. The summed E-state index contributed by atoms with van der Waals surface area (Å²) in [5, 5.41) is 8.86. The monoisotopic (exact) mass is 240 g/mol. The smallest absolute Gasteiger partial charge is 0.355 e. The van der Waals surface area contributed by atoms with Crippen LogP contribution in [-0.4, -0.2) is 30.4 Å². The van der Waals surface area contributed by atoms with E-state index in [1.807, 2.05) is 0 Å². The van der Waals surface area contributed by atoms with Crippen molar-refractivity contribution in [2.75, 3.05) is 0 Å². The number of aromatic nitrogens is 4. The lowest BCUT2D eigenvalue weighted by Gasteiger charge is -1.99. The van der Waals surface area contributed by atoms with Crippen LogP contribution in [0.25, 0.3) is 0 Å². The molecule has 0 atom stereocenters. The van der Waals surface area contributed by atoms with Crippen LogP contribution in [0.1, 0.15) is 10.5 Å². The fourth-order valence-electron chi connectivity index (χ4n) is 0.854. The first-order valence-corrected chi connectivity index (χ1v) is 5.34. The summed E-state index contributed by atoms with van der Waals surface area (Å²) in [4.78, 5) is 22.7. The number of rotatable bonds is 3. The summed E-state index contributed by atoms with van der Waals surface area (Å²) in [6.45, 7) is 0. The Bertz CT molecular complexity index is 474. The average Bonchev–Trinajstić information content (AvgIpc) is 2.71. The summed E-state index contributed by atoms with van der Waals surface area (Å²) in [6.07, 6.45) is 4.06. The molecule has 0 spiro atoms. The standard InChI is InChI=1S/C7H4N4O2S2/c12-6(13)5-4(1-8-2-9-5)14-7-10-3-11-15-7/h1-3H,(H,12,13). The second kappa shape index (κ2) is 4.32. The molecule has 0 fully saturated rings. The van der Waals surface area contributed by atoms with Crippen LogP contribution in [-0.2, 0) is 0 Å². The first-order chi connectivity index (χ1) is 7.27. The molecule has 15 heavy (non-hydrogen) atoms. The molecule has 76 valence electrons. The Morgan fingerprint density at radius 3 is 2.93 bits per heavy atom. The van der Waals surface area contributed by atoms with E-state index >= 15 is 0 Å². The van der Waals surface area contributed by atoms with Crippen molar-refractivity contribution in [3.8, 4) is 0 Å². The quantitative estimate of drug-likeness (QED) is 0.861. The fourth-order valence-corrected chi connectivity index (χ4v) is 2.32. The number of nitrogens with zero attached hydrogens (tertiary/aromatic N) is 4. The van der Waals surface area contributed by atoms with Gasteiger partial charge in [0.2, 0.25) is 0 Å². The molecule has 0 saturated carbocycles. The number of hydrogen-bond acceptors (Lipinski definition) is 7. The molecule has 2 rings (SSSR count). The number of carboxylic acid groups (broad SMARTS) is 1. The van der Waals surface area contributed by atoms with E-state index in [0.717, 1.165) is 0 Å². The highest BCUT2D eigenvalue weighted by molar-refractivity contribution is 8.01. The third-order valence-electron chi connectivity index (χ3n) is 1.42. The van der Waals surface area contributed by atoms with Crippen LogP contribution in [0.5, 0.6) is 0 Å². The van der Waals surface area contributed by atoms with Gasteiger partial charge in [-0.1, -0.05) is 11.8 Å². The van der Waals surface area contributed by atoms with Gasteiger partial charge in [-0.3, -0.25) is 0 Å². The predicted octanol–water partition coefficient (Wildman–Crippen LogP) is 1.18. The molecule has 2 aromatic rings. The minimum atomic E-state index is -1.08. The molecule has 0 aliphatic heterocycles. The van der Waals surface area contributed by atoms with E-state index < -0.39 is 5.97 Å². The van der Waals surface area contributed by atoms with Crippen LogP contribution < -0.4 is 0 Å². The minimum absolute atomic E-state index is 0.0230. The molecular weight excluding hydrogens is 236 g/mol. The van der Waals surface area contributed by atoms with Gasteiger partial charge in [0.05, 0.1) is 4.90 Å². The lowest BCUT2D eigenvalue weighted by molar-refractivity contribution is 0.0686. The molecule has 0 aromatic carbocycles. The molecule has 0 bridgehead atoms. The van der Waals surface area contributed by atoms with Crippen molar-refractivity contribution in [2.24, 2.45) is 0 Å². The summed E-state index contributed by atoms with van der Waals surface area (Å²) in [5.74, 6) is -1.08. The lowest BCUT2D eigenvalue weighted by Crippen LogP contribution is -2.02. The summed E-state index contributed by atoms with van der Waals surface area (Å²) >= 11 is 2.38. The van der Waals surface area contributed by atoms with Gasteiger partial charge in [-0.2, -0.15) is 4.37 Å². The average molecular weight is 240 g/mol. The maximum absolute atomic E-state index is 10.8. The van der Waals surface area contributed by atoms with E-state index in [4.69, 9.17) is 5.11 Å². The van der Waals surface area contributed by atoms with Gasteiger partial charge in [-0.05, 0) is 11.5 Å². The Labute approximate surface area is 92.6 Å². The Balaban J connectivity index is 2.32. The van der Waals surface area contributed by atoms with E-state index in [9.17, 15) is 4.79 Å². The maximum atomic E-state index is 10.8. The van der Waals surface area contributed by atoms with Gasteiger partial charge >= 0.3 is 5.97 Å². The second-order valence-corrected chi connectivity index (χ2v) is 4.42. The topological polar surface area (TPSA) is 88.9 Å². The van der Waals surface area contributed by atoms with Gasteiger partial charge < -0.3 is 5.11 Å². The molecular formula is C7H4N4O2S2. The number of aromatic carboxylic acids is 1. The van der Waals surface area contributed by atoms with Crippen molar-refractivity contribution in [1.82, 2.24) is 19.3 Å². The van der Waals surface area contributed by atoms with E-state index in [1.165, 1.54) is 42.1 Å². The Morgan fingerprint density at radius 1 is 1.40 bits per heavy atom. The zero-order chi connectivity index (χ0) is 10.7. The molecule has 0 aliphatic rings. The van der Waals surface area contributed by atoms with Gasteiger partial charge in [-0.25, -0.2) is 19.7 Å². The van der Waals surface area contributed by atoms with Gasteiger partial charge in [0.15, 0.2) is 10.0 Å². The molecule has 0 saturated heterocycles. The third-order valence-corrected chi connectivity index (χ3v) is 3.15. The molecule has 2 aromatic heterocycles. The van der Waals surface area contributed by atoms with Crippen LogP contribution in [0, 0.1) is 0 Å². The fraction of sp³-hybridized carbons (Fsp3) is 0. The molecule has 8 heteroatoms. The summed E-state index contributed by atoms with van der Waals surface area (Å²) in [6, 6.07) is 0. The van der Waals surface area contributed by atoms with E-state index in [2.05, 4.69) is 19.3 Å². The third kappa shape index (κ3) is 2.28. The van der Waals surface area contributed by atoms with Crippen molar-refractivity contribution in [2.45, 2.75) is 9.24 Å². The van der Waals surface area contributed by atoms with Gasteiger partial charge in [0.25, 0.3) is 0 Å². The Morgan fingerprint density at radius 2 is 2.27 bits per heavy atom. The molecule has 1 N–H and O–H groups in total. The SMILES string of the molecule is O=C(O)c1ncncc1Sc1ncns1. The summed E-state index contributed by atoms with van der Waals surface area (Å²) < 4.78 is 4.47. The summed E-state index contributed by atoms with van der Waals surface area (Å²) in [5.41, 5.74) is -0.0230. The Hall–Kier alpha value is -1.54. The normalized spacial score (nSPS) is 10.1. The van der Waals surface area contributed by atoms with Crippen LogP contribution in [0.3, 0.4) is 0 Å². The highest BCUT2D eigenvalue weighted by Crippen LogP contribution is 2.29. The molecule has 0 unspecified atom stereocenters. The van der Waals surface area contributed by atoms with E-state index in [1.54, 1.807) is 0 Å². The zero-order valence-corrected chi connectivity index (χ0v) is 8.83. The van der Waals surface area contributed by atoms with Gasteiger partial charge in [0.1, 0.15) is 12.7 Å². The highest BCUT2D eigenvalue weighted by Gasteiger charge is 2.13. The van der Waals surface area contributed by atoms with Crippen molar-refractivity contribution in [3.63, 3.8) is 0 Å². The van der Waals surface area contributed by atoms with Crippen LogP contribution >= 0.6 is 23.3 Å². The van der Waals surface area contributed by atoms with E-state index in [-0.39, 0.29) is 5.69 Å². The van der Waals surface area contributed by atoms with Crippen molar-refractivity contribution < 1.29 is 9.90 Å². The first kappa shape index (κ1) is 9.99. The number of hydrogen-bond donors (Lipinski definition) is 1. The highest BCUT2D eigenvalue weighted by atomic mass is 32.2. The van der Waals surface area contributed by atoms with E-state index in [0.29, 0.717) is 9.24 Å². The summed E-state index contributed by atoms with van der Waals surface area (Å²) in [7, 11) is 0. The second-order valence-electron chi connectivity index (χ2n) is 2.35. The van der Waals surface area contributed by atoms with Crippen molar-refractivity contribution in [1.29, 1.82) is 0 Å².